The Morgan fingerprint density at radius 1 is 1.03 bits per heavy atom. The lowest BCUT2D eigenvalue weighted by atomic mass is 10.1. The summed E-state index contributed by atoms with van der Waals surface area (Å²) in [6.07, 6.45) is 3.71. The molecule has 3 N–H and O–H groups in total. The molecule has 0 radical (unpaired) electrons. The van der Waals surface area contributed by atoms with Crippen LogP contribution in [0.1, 0.15) is 66.6 Å². The van der Waals surface area contributed by atoms with Crippen molar-refractivity contribution in [1.82, 2.24) is 21.1 Å². The van der Waals surface area contributed by atoms with Crippen LogP contribution in [0.2, 0.25) is 0 Å². The fraction of sp³-hybridized carbons (Fsp3) is 0.500. The Morgan fingerprint density at radius 3 is 2.38 bits per heavy atom. The molecule has 1 amide bonds. The van der Waals surface area contributed by atoms with E-state index in [0.29, 0.717) is 31.2 Å². The Bertz CT molecular complexity index is 775. The molecule has 7 nitrogen and oxygen atoms in total. The first kappa shape index (κ1) is 22.5. The van der Waals surface area contributed by atoms with Gasteiger partial charge in [-0.1, -0.05) is 44.5 Å². The van der Waals surface area contributed by atoms with E-state index in [1.165, 1.54) is 0 Å². The fourth-order valence-corrected chi connectivity index (χ4v) is 2.97. The molecule has 0 spiro atoms. The van der Waals surface area contributed by atoms with E-state index in [1.54, 1.807) is 7.05 Å². The summed E-state index contributed by atoms with van der Waals surface area (Å²) in [6.45, 7) is 8.18. The van der Waals surface area contributed by atoms with E-state index in [4.69, 9.17) is 4.52 Å². The van der Waals surface area contributed by atoms with Crippen molar-refractivity contribution >= 4 is 11.9 Å². The monoisotopic (exact) mass is 399 g/mol. The molecular weight excluding hydrogens is 366 g/mol. The number of aromatic nitrogens is 1. The van der Waals surface area contributed by atoms with Crippen molar-refractivity contribution in [3.8, 4) is 0 Å². The van der Waals surface area contributed by atoms with Crippen LogP contribution < -0.4 is 16.0 Å². The first-order chi connectivity index (χ1) is 14.1. The third-order valence-corrected chi connectivity index (χ3v) is 4.76. The molecule has 1 heterocycles. The molecule has 0 aliphatic carbocycles. The van der Waals surface area contributed by atoms with Crippen molar-refractivity contribution in [2.45, 2.75) is 59.5 Å². The van der Waals surface area contributed by atoms with Crippen LogP contribution in [0.3, 0.4) is 0 Å². The molecule has 0 bridgehead atoms. The van der Waals surface area contributed by atoms with E-state index in [1.807, 2.05) is 24.3 Å². The molecule has 2 aromatic rings. The first-order valence-electron chi connectivity index (χ1n) is 10.4. The van der Waals surface area contributed by atoms with Crippen molar-refractivity contribution in [3.05, 3.63) is 52.4 Å². The summed E-state index contributed by atoms with van der Waals surface area (Å²) >= 11 is 0. The lowest BCUT2D eigenvalue weighted by molar-refractivity contribution is 0.0953. The summed E-state index contributed by atoms with van der Waals surface area (Å²) < 4.78 is 5.41. The van der Waals surface area contributed by atoms with E-state index in [0.717, 1.165) is 48.3 Å². The molecule has 0 saturated heterocycles. The maximum absolute atomic E-state index is 12.1. The van der Waals surface area contributed by atoms with Crippen LogP contribution in [0.5, 0.6) is 0 Å². The number of carbonyl (C=O) groups is 1. The summed E-state index contributed by atoms with van der Waals surface area (Å²) in [5, 5.41) is 13.7. The van der Waals surface area contributed by atoms with E-state index in [9.17, 15) is 4.79 Å². The van der Waals surface area contributed by atoms with Crippen molar-refractivity contribution in [2.75, 3.05) is 13.6 Å². The molecule has 0 fully saturated rings. The topological polar surface area (TPSA) is 91.5 Å². The lowest BCUT2D eigenvalue weighted by Gasteiger charge is -2.12. The third kappa shape index (κ3) is 6.62. The zero-order chi connectivity index (χ0) is 21.1. The molecule has 0 aliphatic rings. The highest BCUT2D eigenvalue weighted by Crippen LogP contribution is 2.15. The minimum absolute atomic E-state index is 0.0254. The van der Waals surface area contributed by atoms with Gasteiger partial charge in [0.15, 0.2) is 5.96 Å². The lowest BCUT2D eigenvalue weighted by Crippen LogP contribution is -2.36. The van der Waals surface area contributed by atoms with Gasteiger partial charge in [0.2, 0.25) is 0 Å². The summed E-state index contributed by atoms with van der Waals surface area (Å²) in [4.78, 5) is 16.4. The molecule has 0 atom stereocenters. The van der Waals surface area contributed by atoms with E-state index < -0.39 is 0 Å². The predicted octanol–water partition coefficient (Wildman–Crippen LogP) is 3.19. The number of nitrogens with zero attached hydrogens (tertiary/aromatic N) is 2. The van der Waals surface area contributed by atoms with Crippen molar-refractivity contribution in [1.29, 1.82) is 0 Å². The standard InChI is InChI=1S/C22H33N5O2/c1-5-8-13-24-21(28)17-11-9-16(10-12-17)14-25-22(23-4)26-15-18-19(6-2)27-29-20(18)7-3/h9-12H,5-8,13-15H2,1-4H3,(H,24,28)(H2,23,25,26). The second kappa shape index (κ2) is 11.9. The van der Waals surface area contributed by atoms with E-state index >= 15 is 0 Å². The second-order valence-electron chi connectivity index (χ2n) is 6.82. The van der Waals surface area contributed by atoms with Crippen molar-refractivity contribution < 1.29 is 9.32 Å². The van der Waals surface area contributed by atoms with Crippen molar-refractivity contribution in [2.24, 2.45) is 4.99 Å². The minimum Gasteiger partial charge on any atom is -0.361 e. The van der Waals surface area contributed by atoms with Gasteiger partial charge in [-0.05, 0) is 30.5 Å². The maximum atomic E-state index is 12.1. The van der Waals surface area contributed by atoms with Gasteiger partial charge in [0, 0.05) is 44.2 Å². The van der Waals surface area contributed by atoms with Gasteiger partial charge in [-0.15, -0.1) is 0 Å². The van der Waals surface area contributed by atoms with Gasteiger partial charge in [-0.3, -0.25) is 9.79 Å². The van der Waals surface area contributed by atoms with Crippen LogP contribution in [0.25, 0.3) is 0 Å². The maximum Gasteiger partial charge on any atom is 0.251 e. The molecule has 158 valence electrons. The average molecular weight is 400 g/mol. The van der Waals surface area contributed by atoms with Gasteiger partial charge in [-0.2, -0.15) is 0 Å². The van der Waals surface area contributed by atoms with Gasteiger partial charge >= 0.3 is 0 Å². The molecule has 29 heavy (non-hydrogen) atoms. The van der Waals surface area contributed by atoms with E-state index in [2.05, 4.69) is 46.9 Å². The number of amides is 1. The molecule has 0 saturated carbocycles. The molecular formula is C22H33N5O2. The van der Waals surface area contributed by atoms with Crippen LogP contribution in [0, 0.1) is 0 Å². The largest absolute Gasteiger partial charge is 0.361 e. The number of nitrogens with one attached hydrogen (secondary N) is 3. The summed E-state index contributed by atoms with van der Waals surface area (Å²) in [5.41, 5.74) is 3.85. The van der Waals surface area contributed by atoms with Gasteiger partial charge in [0.1, 0.15) is 5.76 Å². The Labute approximate surface area is 173 Å². The SMILES string of the molecule is CCCCNC(=O)c1ccc(CNC(=NC)NCc2c(CC)noc2CC)cc1. The zero-order valence-electron chi connectivity index (χ0n) is 18.0. The number of aryl methyl sites for hydroxylation is 2. The molecule has 7 heteroatoms. The number of rotatable bonds is 10. The summed E-state index contributed by atoms with van der Waals surface area (Å²) in [6, 6.07) is 7.62. The van der Waals surface area contributed by atoms with Crippen molar-refractivity contribution in [3.63, 3.8) is 0 Å². The van der Waals surface area contributed by atoms with Crippen LogP contribution in [-0.4, -0.2) is 30.6 Å². The Kier molecular flexibility index (Phi) is 9.21. The zero-order valence-corrected chi connectivity index (χ0v) is 18.0. The number of carbonyl (C=O) groups excluding carboxylic acids is 1. The van der Waals surface area contributed by atoms with Crippen LogP contribution in [0.15, 0.2) is 33.8 Å². The number of hydrogen-bond donors (Lipinski definition) is 3. The molecule has 1 aromatic carbocycles. The van der Waals surface area contributed by atoms with Crippen LogP contribution in [-0.2, 0) is 25.9 Å². The number of benzene rings is 1. The van der Waals surface area contributed by atoms with Gasteiger partial charge < -0.3 is 20.5 Å². The molecule has 1 aromatic heterocycles. The van der Waals surface area contributed by atoms with Crippen LogP contribution >= 0.6 is 0 Å². The first-order valence-corrected chi connectivity index (χ1v) is 10.4. The van der Waals surface area contributed by atoms with Gasteiger partial charge in [0.25, 0.3) is 5.91 Å². The number of aliphatic imine (C=N–C) groups is 1. The Hall–Kier alpha value is -2.83. The average Bonchev–Trinajstić information content (AvgIpc) is 3.16. The highest BCUT2D eigenvalue weighted by atomic mass is 16.5. The second-order valence-corrected chi connectivity index (χ2v) is 6.82. The number of guanidine groups is 1. The normalized spacial score (nSPS) is 11.4. The number of hydrogen-bond acceptors (Lipinski definition) is 4. The van der Waals surface area contributed by atoms with E-state index in [-0.39, 0.29) is 5.91 Å². The van der Waals surface area contributed by atoms with Gasteiger partial charge in [-0.25, -0.2) is 0 Å². The Morgan fingerprint density at radius 2 is 1.76 bits per heavy atom. The predicted molar refractivity (Wildman–Crippen MR) is 116 cm³/mol. The highest BCUT2D eigenvalue weighted by Gasteiger charge is 2.13. The molecule has 0 unspecified atom stereocenters. The molecule has 0 aliphatic heterocycles. The minimum atomic E-state index is -0.0254. The fourth-order valence-electron chi connectivity index (χ4n) is 2.97. The molecule has 2 rings (SSSR count). The smallest absolute Gasteiger partial charge is 0.251 e. The summed E-state index contributed by atoms with van der Waals surface area (Å²) in [7, 11) is 1.74. The highest BCUT2D eigenvalue weighted by molar-refractivity contribution is 5.94. The number of unbranched alkanes of at least 4 members (excludes halogenated alkanes) is 1. The van der Waals surface area contributed by atoms with Crippen LogP contribution in [0.4, 0.5) is 0 Å². The van der Waals surface area contributed by atoms with Gasteiger partial charge in [0.05, 0.1) is 5.69 Å². The third-order valence-electron chi connectivity index (χ3n) is 4.76. The summed E-state index contributed by atoms with van der Waals surface area (Å²) in [5.74, 6) is 1.59. The Balaban J connectivity index is 1.86. The quantitative estimate of drug-likeness (QED) is 0.324.